The molecule has 0 atom stereocenters. The van der Waals surface area contributed by atoms with Gasteiger partial charge in [0.05, 0.1) is 19.2 Å². The lowest BCUT2D eigenvalue weighted by Crippen LogP contribution is -2.14. The normalized spacial score (nSPS) is 10.5. The Morgan fingerprint density at radius 2 is 2.04 bits per heavy atom. The third-order valence-corrected chi connectivity index (χ3v) is 5.60. The molecule has 3 aromatic rings. The van der Waals surface area contributed by atoms with E-state index >= 15 is 0 Å². The van der Waals surface area contributed by atoms with Crippen LogP contribution in [0.15, 0.2) is 58.8 Å². The van der Waals surface area contributed by atoms with Crippen molar-refractivity contribution in [2.24, 2.45) is 0 Å². The van der Waals surface area contributed by atoms with Crippen molar-refractivity contribution in [2.45, 2.75) is 24.0 Å². The van der Waals surface area contributed by atoms with E-state index in [0.29, 0.717) is 6.42 Å². The van der Waals surface area contributed by atoms with Crippen molar-refractivity contribution < 1.29 is 9.53 Å². The highest BCUT2D eigenvalue weighted by Crippen LogP contribution is 2.26. The van der Waals surface area contributed by atoms with Gasteiger partial charge in [-0.15, -0.1) is 23.1 Å². The van der Waals surface area contributed by atoms with Gasteiger partial charge in [0.2, 0.25) is 5.91 Å². The van der Waals surface area contributed by atoms with E-state index < -0.39 is 0 Å². The number of thiazole rings is 1. The van der Waals surface area contributed by atoms with Gasteiger partial charge in [0.25, 0.3) is 0 Å². The Labute approximate surface area is 161 Å². The average molecular weight is 385 g/mol. The van der Waals surface area contributed by atoms with Crippen molar-refractivity contribution in [3.8, 4) is 5.75 Å². The Balaban J connectivity index is 1.52. The zero-order valence-corrected chi connectivity index (χ0v) is 16.3. The molecule has 1 heterocycles. The summed E-state index contributed by atoms with van der Waals surface area (Å²) in [5.74, 6) is 1.57. The summed E-state index contributed by atoms with van der Waals surface area (Å²) in [5, 5.41) is 5.75. The fourth-order valence-corrected chi connectivity index (χ4v) is 4.06. The highest BCUT2D eigenvalue weighted by Gasteiger charge is 2.09. The van der Waals surface area contributed by atoms with E-state index in [2.05, 4.69) is 16.4 Å². The molecular weight excluding hydrogens is 364 g/mol. The summed E-state index contributed by atoms with van der Waals surface area (Å²) >= 11 is 3.23. The van der Waals surface area contributed by atoms with Gasteiger partial charge in [-0.2, -0.15) is 0 Å². The van der Waals surface area contributed by atoms with Gasteiger partial charge in [-0.3, -0.25) is 4.79 Å². The lowest BCUT2D eigenvalue weighted by atomic mass is 10.2. The predicted octanol–water partition coefficient (Wildman–Crippen LogP) is 4.93. The van der Waals surface area contributed by atoms with Gasteiger partial charge in [-0.1, -0.05) is 23.8 Å². The molecule has 2 aromatic carbocycles. The summed E-state index contributed by atoms with van der Waals surface area (Å²) in [7, 11) is 1.66. The van der Waals surface area contributed by atoms with E-state index in [1.165, 1.54) is 16.9 Å². The van der Waals surface area contributed by atoms with Crippen molar-refractivity contribution in [3.63, 3.8) is 0 Å². The van der Waals surface area contributed by atoms with Crippen LogP contribution in [-0.4, -0.2) is 18.0 Å². The second-order valence-corrected chi connectivity index (χ2v) is 7.78. The van der Waals surface area contributed by atoms with Crippen LogP contribution in [-0.2, 0) is 17.0 Å². The number of thioether (sulfide) groups is 1. The molecule has 26 heavy (non-hydrogen) atoms. The average Bonchev–Trinajstić information content (AvgIpc) is 3.09. The Bertz CT molecular complexity index is 876. The number of carbonyl (C=O) groups is 1. The van der Waals surface area contributed by atoms with Crippen molar-refractivity contribution in [1.82, 2.24) is 4.98 Å². The van der Waals surface area contributed by atoms with Gasteiger partial charge in [0.15, 0.2) is 0 Å². The number of anilines is 1. The quantitative estimate of drug-likeness (QED) is 0.587. The second kappa shape index (κ2) is 8.87. The molecule has 0 bridgehead atoms. The Kier molecular flexibility index (Phi) is 6.30. The minimum atomic E-state index is -0.0461. The van der Waals surface area contributed by atoms with Crippen LogP contribution in [0, 0.1) is 6.92 Å². The number of rotatable bonds is 7. The molecule has 0 fully saturated rings. The lowest BCUT2D eigenvalue weighted by Gasteiger charge is -2.04. The molecule has 4 nitrogen and oxygen atoms in total. The van der Waals surface area contributed by atoms with Gasteiger partial charge in [0, 0.05) is 21.7 Å². The maximum atomic E-state index is 12.2. The first-order valence-electron chi connectivity index (χ1n) is 8.19. The van der Waals surface area contributed by atoms with Crippen LogP contribution < -0.4 is 10.1 Å². The first-order chi connectivity index (χ1) is 12.6. The summed E-state index contributed by atoms with van der Waals surface area (Å²) in [6.07, 6.45) is 0.294. The summed E-state index contributed by atoms with van der Waals surface area (Å²) < 4.78 is 5.24. The number of aryl methyl sites for hydroxylation is 1. The number of hydrogen-bond acceptors (Lipinski definition) is 5. The van der Waals surface area contributed by atoms with Gasteiger partial charge >= 0.3 is 0 Å². The first-order valence-corrected chi connectivity index (χ1v) is 10.1. The molecule has 0 unspecified atom stereocenters. The molecule has 3 rings (SSSR count). The van der Waals surface area contributed by atoms with E-state index in [-0.39, 0.29) is 5.91 Å². The minimum absolute atomic E-state index is 0.0461. The molecule has 1 amide bonds. The minimum Gasteiger partial charge on any atom is -0.497 e. The molecule has 0 saturated carbocycles. The summed E-state index contributed by atoms with van der Waals surface area (Å²) in [6, 6.07) is 15.7. The van der Waals surface area contributed by atoms with Gasteiger partial charge in [-0.25, -0.2) is 4.98 Å². The van der Waals surface area contributed by atoms with E-state index in [1.807, 2.05) is 54.8 Å². The summed E-state index contributed by atoms with van der Waals surface area (Å²) in [4.78, 5) is 17.9. The zero-order valence-electron chi connectivity index (χ0n) is 14.7. The molecule has 1 aromatic heterocycles. The molecule has 0 radical (unpaired) electrons. The molecule has 134 valence electrons. The second-order valence-electron chi connectivity index (χ2n) is 5.79. The van der Waals surface area contributed by atoms with E-state index in [0.717, 1.165) is 32.8 Å². The third kappa shape index (κ3) is 5.34. The van der Waals surface area contributed by atoms with Gasteiger partial charge < -0.3 is 10.1 Å². The van der Waals surface area contributed by atoms with Crippen LogP contribution in [0.3, 0.4) is 0 Å². The highest BCUT2D eigenvalue weighted by atomic mass is 32.2. The van der Waals surface area contributed by atoms with Crippen molar-refractivity contribution >= 4 is 34.7 Å². The van der Waals surface area contributed by atoms with Crippen LogP contribution >= 0.6 is 23.1 Å². The van der Waals surface area contributed by atoms with E-state index in [1.54, 1.807) is 18.9 Å². The van der Waals surface area contributed by atoms with E-state index in [4.69, 9.17) is 4.74 Å². The predicted molar refractivity (Wildman–Crippen MR) is 108 cm³/mol. The molecule has 0 aliphatic heterocycles. The number of benzene rings is 2. The standard InChI is InChI=1S/C20H20N2O2S2/c1-14-6-8-15(9-7-14)21-19(23)11-20-22-16(13-26-20)12-25-18-5-3-4-17(10-18)24-2/h3-10,13H,11-12H2,1-2H3,(H,21,23). The first kappa shape index (κ1) is 18.5. The fraction of sp³-hybridized carbons (Fsp3) is 0.200. The molecule has 0 spiro atoms. The lowest BCUT2D eigenvalue weighted by molar-refractivity contribution is -0.115. The topological polar surface area (TPSA) is 51.2 Å². The van der Waals surface area contributed by atoms with Crippen LogP contribution in [0.4, 0.5) is 5.69 Å². The number of aromatic nitrogens is 1. The molecule has 0 aliphatic carbocycles. The smallest absolute Gasteiger partial charge is 0.231 e. The number of nitrogens with one attached hydrogen (secondary N) is 1. The Hall–Kier alpha value is -2.31. The maximum absolute atomic E-state index is 12.2. The van der Waals surface area contributed by atoms with Crippen LogP contribution in [0.5, 0.6) is 5.75 Å². The van der Waals surface area contributed by atoms with Crippen molar-refractivity contribution in [2.75, 3.05) is 12.4 Å². The highest BCUT2D eigenvalue weighted by molar-refractivity contribution is 7.98. The third-order valence-electron chi connectivity index (χ3n) is 3.67. The van der Waals surface area contributed by atoms with Crippen molar-refractivity contribution in [3.05, 3.63) is 70.2 Å². The van der Waals surface area contributed by atoms with Crippen LogP contribution in [0.25, 0.3) is 0 Å². The number of nitrogens with zero attached hydrogens (tertiary/aromatic N) is 1. The van der Waals surface area contributed by atoms with E-state index in [9.17, 15) is 4.79 Å². The number of ether oxygens (including phenoxy) is 1. The number of carbonyl (C=O) groups excluding carboxylic acids is 1. The monoisotopic (exact) mass is 384 g/mol. The maximum Gasteiger partial charge on any atom is 0.231 e. The molecule has 6 heteroatoms. The molecule has 0 aliphatic rings. The molecular formula is C20H20N2O2S2. The number of amides is 1. The Morgan fingerprint density at radius 3 is 2.81 bits per heavy atom. The zero-order chi connectivity index (χ0) is 18.4. The largest absolute Gasteiger partial charge is 0.497 e. The molecule has 1 N–H and O–H groups in total. The SMILES string of the molecule is COc1cccc(SCc2csc(CC(=O)Nc3ccc(C)cc3)n2)c1. The number of methoxy groups -OCH3 is 1. The van der Waals surface area contributed by atoms with Gasteiger partial charge in [0.1, 0.15) is 10.8 Å². The summed E-state index contributed by atoms with van der Waals surface area (Å²) in [5.41, 5.74) is 2.97. The fourth-order valence-electron chi connectivity index (χ4n) is 2.32. The van der Waals surface area contributed by atoms with Crippen LogP contribution in [0.1, 0.15) is 16.3 Å². The molecule has 0 saturated heterocycles. The summed E-state index contributed by atoms with van der Waals surface area (Å²) in [6.45, 7) is 2.02. The van der Waals surface area contributed by atoms with Crippen molar-refractivity contribution in [1.29, 1.82) is 0 Å². The number of hydrogen-bond donors (Lipinski definition) is 1. The van der Waals surface area contributed by atoms with Crippen LogP contribution in [0.2, 0.25) is 0 Å². The van der Waals surface area contributed by atoms with Gasteiger partial charge in [-0.05, 0) is 37.3 Å². The Morgan fingerprint density at radius 1 is 1.23 bits per heavy atom.